The summed E-state index contributed by atoms with van der Waals surface area (Å²) in [5, 5.41) is 3.89. The van der Waals surface area contributed by atoms with Gasteiger partial charge in [0.1, 0.15) is 0 Å². The molecule has 0 N–H and O–H groups in total. The van der Waals surface area contributed by atoms with E-state index in [-0.39, 0.29) is 0 Å². The summed E-state index contributed by atoms with van der Waals surface area (Å²) in [7, 11) is 1.27. The number of hydrogen-bond donors (Lipinski definition) is 0. The van der Waals surface area contributed by atoms with Gasteiger partial charge < -0.3 is 4.74 Å². The molecule has 0 spiro atoms. The van der Waals surface area contributed by atoms with Gasteiger partial charge in [-0.05, 0) is 38.2 Å². The Balaban J connectivity index is 2.54. The van der Waals surface area contributed by atoms with Crippen LogP contribution in [0.2, 0.25) is 0 Å². The van der Waals surface area contributed by atoms with Gasteiger partial charge in [-0.25, -0.2) is 4.79 Å². The van der Waals surface area contributed by atoms with Crippen LogP contribution < -0.4 is 0 Å². The second-order valence-electron chi connectivity index (χ2n) is 4.30. The molecule has 4 heteroatoms. The number of carbonyl (C=O) groups excluding carboxylic acids is 1. The Morgan fingerprint density at radius 1 is 1.25 bits per heavy atom. The first-order chi connectivity index (χ1) is 9.76. The minimum absolute atomic E-state index is 0.762. The van der Waals surface area contributed by atoms with Gasteiger partial charge in [0, 0.05) is 0 Å². The van der Waals surface area contributed by atoms with E-state index >= 15 is 0 Å². The standard InChI is InChI=1S/C16H21NO3/c1-3-4-6-11-15(17-20-16(18)19-2)13-12-14-9-7-5-8-10-14/h3-5,7-10H,6,11-13H2,1-2H3/b4-3+,17-15-. The molecule has 0 aromatic heterocycles. The maximum Gasteiger partial charge on any atom is 0.534 e. The third-order valence-corrected chi connectivity index (χ3v) is 2.80. The maximum absolute atomic E-state index is 11.0. The maximum atomic E-state index is 11.0. The number of benzene rings is 1. The normalized spacial score (nSPS) is 11.6. The van der Waals surface area contributed by atoms with Gasteiger partial charge in [0.05, 0.1) is 12.8 Å². The van der Waals surface area contributed by atoms with E-state index in [4.69, 9.17) is 0 Å². The van der Waals surface area contributed by atoms with Crippen molar-refractivity contribution in [2.45, 2.75) is 32.6 Å². The van der Waals surface area contributed by atoms with Gasteiger partial charge in [0.15, 0.2) is 0 Å². The highest BCUT2D eigenvalue weighted by molar-refractivity contribution is 5.84. The third-order valence-electron chi connectivity index (χ3n) is 2.80. The lowest BCUT2D eigenvalue weighted by molar-refractivity contribution is 0.0749. The molecular weight excluding hydrogens is 254 g/mol. The fourth-order valence-corrected chi connectivity index (χ4v) is 1.71. The first kappa shape index (κ1) is 16.0. The van der Waals surface area contributed by atoms with Crippen LogP contribution in [-0.4, -0.2) is 19.0 Å². The smallest absolute Gasteiger partial charge is 0.436 e. The molecule has 4 nitrogen and oxygen atoms in total. The molecule has 0 bridgehead atoms. The Morgan fingerprint density at radius 3 is 2.65 bits per heavy atom. The van der Waals surface area contributed by atoms with E-state index in [2.05, 4.69) is 32.9 Å². The largest absolute Gasteiger partial charge is 0.534 e. The van der Waals surface area contributed by atoms with E-state index in [9.17, 15) is 4.79 Å². The summed E-state index contributed by atoms with van der Waals surface area (Å²) >= 11 is 0. The van der Waals surface area contributed by atoms with Gasteiger partial charge in [-0.1, -0.05) is 47.6 Å². The van der Waals surface area contributed by atoms with E-state index in [1.807, 2.05) is 31.2 Å². The van der Waals surface area contributed by atoms with Crippen LogP contribution >= 0.6 is 0 Å². The minimum Gasteiger partial charge on any atom is -0.436 e. The van der Waals surface area contributed by atoms with Crippen molar-refractivity contribution >= 4 is 11.9 Å². The topological polar surface area (TPSA) is 47.9 Å². The van der Waals surface area contributed by atoms with Crippen molar-refractivity contribution in [2.24, 2.45) is 5.16 Å². The highest BCUT2D eigenvalue weighted by atomic mass is 16.8. The van der Waals surface area contributed by atoms with E-state index < -0.39 is 6.16 Å². The molecule has 0 aliphatic rings. The highest BCUT2D eigenvalue weighted by Crippen LogP contribution is 2.07. The molecule has 0 saturated heterocycles. The zero-order valence-electron chi connectivity index (χ0n) is 12.0. The van der Waals surface area contributed by atoms with E-state index in [1.165, 1.54) is 12.7 Å². The van der Waals surface area contributed by atoms with Crippen molar-refractivity contribution in [2.75, 3.05) is 7.11 Å². The molecule has 1 aromatic rings. The van der Waals surface area contributed by atoms with Crippen LogP contribution in [0.25, 0.3) is 0 Å². The molecule has 0 aliphatic carbocycles. The molecular formula is C16H21NO3. The van der Waals surface area contributed by atoms with Gasteiger partial charge in [-0.15, -0.1) is 0 Å². The second-order valence-corrected chi connectivity index (χ2v) is 4.30. The van der Waals surface area contributed by atoms with Crippen LogP contribution in [0.1, 0.15) is 31.7 Å². The van der Waals surface area contributed by atoms with Crippen molar-refractivity contribution in [3.8, 4) is 0 Å². The van der Waals surface area contributed by atoms with E-state index in [0.29, 0.717) is 0 Å². The van der Waals surface area contributed by atoms with Crippen molar-refractivity contribution in [1.82, 2.24) is 0 Å². The summed E-state index contributed by atoms with van der Waals surface area (Å²) in [6, 6.07) is 10.2. The predicted octanol–water partition coefficient (Wildman–Crippen LogP) is 4.11. The van der Waals surface area contributed by atoms with Gasteiger partial charge >= 0.3 is 6.16 Å². The number of methoxy groups -OCH3 is 1. The SMILES string of the molecule is C/C=C/CC/C(CCc1ccccc1)=N/OC(=O)OC. The van der Waals surface area contributed by atoms with Crippen LogP contribution in [0.15, 0.2) is 47.6 Å². The number of aryl methyl sites for hydroxylation is 1. The molecule has 108 valence electrons. The Hall–Kier alpha value is -2.10. The van der Waals surface area contributed by atoms with Crippen LogP contribution in [0.5, 0.6) is 0 Å². The average Bonchev–Trinajstić information content (AvgIpc) is 2.50. The number of hydrogen-bond acceptors (Lipinski definition) is 4. The van der Waals surface area contributed by atoms with Gasteiger partial charge in [0.2, 0.25) is 0 Å². The first-order valence-electron chi connectivity index (χ1n) is 6.72. The number of oxime groups is 1. The van der Waals surface area contributed by atoms with Crippen molar-refractivity contribution in [3.63, 3.8) is 0 Å². The zero-order chi connectivity index (χ0) is 14.6. The van der Waals surface area contributed by atoms with Crippen molar-refractivity contribution < 1.29 is 14.4 Å². The van der Waals surface area contributed by atoms with E-state index in [1.54, 1.807) is 0 Å². The molecule has 20 heavy (non-hydrogen) atoms. The number of nitrogens with zero attached hydrogens (tertiary/aromatic N) is 1. The van der Waals surface area contributed by atoms with Crippen LogP contribution in [0.4, 0.5) is 4.79 Å². The summed E-state index contributed by atoms with van der Waals surface area (Å²) in [5.41, 5.74) is 2.10. The fourth-order valence-electron chi connectivity index (χ4n) is 1.71. The molecule has 0 aliphatic heterocycles. The Morgan fingerprint density at radius 2 is 2.00 bits per heavy atom. The number of carbonyl (C=O) groups is 1. The van der Waals surface area contributed by atoms with Crippen molar-refractivity contribution in [1.29, 1.82) is 0 Å². The Bertz CT molecular complexity index is 452. The Kier molecular flexibility index (Phi) is 7.80. The molecule has 0 radical (unpaired) electrons. The van der Waals surface area contributed by atoms with Crippen LogP contribution in [0.3, 0.4) is 0 Å². The Labute approximate surface area is 120 Å². The quantitative estimate of drug-likeness (QED) is 0.247. The molecule has 0 amide bonds. The second kappa shape index (κ2) is 9.78. The van der Waals surface area contributed by atoms with Crippen LogP contribution in [0, 0.1) is 0 Å². The number of rotatable bonds is 7. The highest BCUT2D eigenvalue weighted by Gasteiger charge is 2.04. The van der Waals surface area contributed by atoms with Gasteiger partial charge in [-0.3, -0.25) is 4.84 Å². The number of allylic oxidation sites excluding steroid dienone is 2. The first-order valence-corrected chi connectivity index (χ1v) is 6.72. The summed E-state index contributed by atoms with van der Waals surface area (Å²) in [6.45, 7) is 1.98. The monoisotopic (exact) mass is 275 g/mol. The molecule has 1 aromatic carbocycles. The molecule has 0 unspecified atom stereocenters. The number of ether oxygens (including phenoxy) is 1. The lowest BCUT2D eigenvalue weighted by Gasteiger charge is -2.05. The lowest BCUT2D eigenvalue weighted by Crippen LogP contribution is -2.06. The van der Waals surface area contributed by atoms with E-state index in [0.717, 1.165) is 31.4 Å². The molecule has 0 fully saturated rings. The molecule has 1 rings (SSSR count). The minimum atomic E-state index is -0.784. The van der Waals surface area contributed by atoms with Gasteiger partial charge in [0.25, 0.3) is 0 Å². The molecule has 0 heterocycles. The third kappa shape index (κ3) is 6.73. The van der Waals surface area contributed by atoms with Crippen LogP contribution in [-0.2, 0) is 16.0 Å². The summed E-state index contributed by atoms with van der Waals surface area (Å²) in [4.78, 5) is 15.6. The summed E-state index contributed by atoms with van der Waals surface area (Å²) in [5.74, 6) is 0. The lowest BCUT2D eigenvalue weighted by atomic mass is 10.0. The molecule has 0 atom stereocenters. The predicted molar refractivity (Wildman–Crippen MR) is 79.7 cm³/mol. The molecule has 0 saturated carbocycles. The van der Waals surface area contributed by atoms with Gasteiger partial charge in [-0.2, -0.15) is 0 Å². The van der Waals surface area contributed by atoms with Crippen molar-refractivity contribution in [3.05, 3.63) is 48.0 Å². The summed E-state index contributed by atoms with van der Waals surface area (Å²) < 4.78 is 4.41. The summed E-state index contributed by atoms with van der Waals surface area (Å²) in [6.07, 6.45) is 6.57. The fraction of sp³-hybridized carbons (Fsp3) is 0.375. The average molecular weight is 275 g/mol. The zero-order valence-corrected chi connectivity index (χ0v) is 12.0.